The summed E-state index contributed by atoms with van der Waals surface area (Å²) in [6.07, 6.45) is -2.91. The van der Waals surface area contributed by atoms with Crippen LogP contribution < -0.4 is 4.90 Å². The molecule has 128 valence electrons. The minimum atomic E-state index is -4.54. The average molecular weight is 338 g/mol. The first-order chi connectivity index (χ1) is 11.2. The molecule has 0 amide bonds. The zero-order valence-corrected chi connectivity index (χ0v) is 13.3. The van der Waals surface area contributed by atoms with Gasteiger partial charge >= 0.3 is 12.1 Å². The molecule has 0 bridgehead atoms. The average Bonchev–Trinajstić information content (AvgIpc) is 2.92. The summed E-state index contributed by atoms with van der Waals surface area (Å²) in [4.78, 5) is 17.2. The topological polar surface area (TPSA) is 53.4 Å². The van der Waals surface area contributed by atoms with Gasteiger partial charge in [0, 0.05) is 24.7 Å². The van der Waals surface area contributed by atoms with Gasteiger partial charge in [0.1, 0.15) is 0 Å². The van der Waals surface area contributed by atoms with E-state index in [4.69, 9.17) is 0 Å². The number of carbonyl (C=O) groups is 1. The number of hydrogen-bond acceptors (Lipinski definition) is 3. The molecule has 1 aliphatic rings. The maximum absolute atomic E-state index is 13.2. The molecule has 0 aliphatic carbocycles. The minimum absolute atomic E-state index is 0.159. The molecule has 24 heavy (non-hydrogen) atoms. The van der Waals surface area contributed by atoms with E-state index >= 15 is 0 Å². The van der Waals surface area contributed by atoms with Gasteiger partial charge < -0.3 is 10.0 Å². The van der Waals surface area contributed by atoms with Crippen LogP contribution in [-0.4, -0.2) is 35.3 Å². The highest BCUT2D eigenvalue weighted by Gasteiger charge is 2.52. The van der Waals surface area contributed by atoms with Crippen molar-refractivity contribution in [2.75, 3.05) is 18.0 Å². The number of aliphatic carboxylic acids is 1. The lowest BCUT2D eigenvalue weighted by molar-refractivity contribution is -0.187. The van der Waals surface area contributed by atoms with Gasteiger partial charge in [0.25, 0.3) is 0 Å². The summed E-state index contributed by atoms with van der Waals surface area (Å²) >= 11 is 0. The SMILES string of the molecule is Cc1cnc2c(C)cccc2c1N1C[C@@H](C(F)(F)F)[C@H](C(=O)O)C1. The van der Waals surface area contributed by atoms with Crippen LogP contribution in [-0.2, 0) is 4.79 Å². The Bertz CT molecular complexity index is 804. The Kier molecular flexibility index (Phi) is 3.89. The Morgan fingerprint density at radius 3 is 2.54 bits per heavy atom. The molecule has 0 unspecified atom stereocenters. The number of carboxylic acid groups (broad SMARTS) is 1. The molecule has 0 radical (unpaired) electrons. The van der Waals surface area contributed by atoms with Crippen molar-refractivity contribution in [3.63, 3.8) is 0 Å². The third-order valence-electron chi connectivity index (χ3n) is 4.63. The number of benzene rings is 1. The highest BCUT2D eigenvalue weighted by molar-refractivity contribution is 5.95. The molecule has 2 atom stereocenters. The van der Waals surface area contributed by atoms with Crippen molar-refractivity contribution in [1.82, 2.24) is 4.98 Å². The molecule has 1 saturated heterocycles. The van der Waals surface area contributed by atoms with Gasteiger partial charge in [-0.25, -0.2) is 0 Å². The van der Waals surface area contributed by atoms with Gasteiger partial charge in [0.2, 0.25) is 0 Å². The monoisotopic (exact) mass is 338 g/mol. The molecule has 4 nitrogen and oxygen atoms in total. The Balaban J connectivity index is 2.10. The van der Waals surface area contributed by atoms with E-state index in [-0.39, 0.29) is 13.1 Å². The first-order valence-corrected chi connectivity index (χ1v) is 7.59. The van der Waals surface area contributed by atoms with Gasteiger partial charge in [-0.05, 0) is 25.0 Å². The van der Waals surface area contributed by atoms with Gasteiger partial charge in [0.15, 0.2) is 0 Å². The number of nitrogens with zero attached hydrogens (tertiary/aromatic N) is 2. The number of para-hydroxylation sites is 1. The van der Waals surface area contributed by atoms with E-state index in [1.54, 1.807) is 13.1 Å². The summed E-state index contributed by atoms with van der Waals surface area (Å²) in [7, 11) is 0. The number of aromatic nitrogens is 1. The number of rotatable bonds is 2. The second kappa shape index (κ2) is 5.65. The van der Waals surface area contributed by atoms with Crippen LogP contribution in [0.3, 0.4) is 0 Å². The number of pyridine rings is 1. The third kappa shape index (κ3) is 2.68. The number of halogens is 3. The number of carboxylic acids is 1. The van der Waals surface area contributed by atoms with Crippen molar-refractivity contribution in [1.29, 1.82) is 0 Å². The Morgan fingerprint density at radius 2 is 1.96 bits per heavy atom. The number of hydrogen-bond donors (Lipinski definition) is 1. The van der Waals surface area contributed by atoms with E-state index in [1.807, 2.05) is 25.1 Å². The van der Waals surface area contributed by atoms with Crippen LogP contribution in [0.5, 0.6) is 0 Å². The van der Waals surface area contributed by atoms with Crippen molar-refractivity contribution in [3.8, 4) is 0 Å². The summed E-state index contributed by atoms with van der Waals surface area (Å²) in [5, 5.41) is 9.95. The van der Waals surface area contributed by atoms with E-state index in [0.29, 0.717) is 5.69 Å². The lowest BCUT2D eigenvalue weighted by atomic mass is 9.96. The molecule has 0 saturated carbocycles. The maximum atomic E-state index is 13.2. The molecule has 3 rings (SSSR count). The van der Waals surface area contributed by atoms with E-state index in [1.165, 1.54) is 4.90 Å². The van der Waals surface area contributed by atoms with E-state index < -0.39 is 24.0 Å². The quantitative estimate of drug-likeness (QED) is 0.910. The Labute approximate surface area is 136 Å². The van der Waals surface area contributed by atoms with Crippen LogP contribution in [0, 0.1) is 25.7 Å². The molecule has 2 heterocycles. The molecule has 2 aromatic rings. The van der Waals surface area contributed by atoms with Crippen LogP contribution in [0.25, 0.3) is 10.9 Å². The smallest absolute Gasteiger partial charge is 0.394 e. The van der Waals surface area contributed by atoms with Gasteiger partial charge in [-0.3, -0.25) is 9.78 Å². The van der Waals surface area contributed by atoms with E-state index in [0.717, 1.165) is 22.0 Å². The fraction of sp³-hybridized carbons (Fsp3) is 0.412. The molecular weight excluding hydrogens is 321 g/mol. The second-order valence-electron chi connectivity index (χ2n) is 6.26. The summed E-state index contributed by atoms with van der Waals surface area (Å²) in [5.74, 6) is -4.74. The lowest BCUT2D eigenvalue weighted by Crippen LogP contribution is -2.33. The fourth-order valence-corrected chi connectivity index (χ4v) is 3.44. The normalized spacial score (nSPS) is 21.5. The number of alkyl halides is 3. The van der Waals surface area contributed by atoms with E-state index in [9.17, 15) is 23.1 Å². The number of aryl methyl sites for hydroxylation is 2. The van der Waals surface area contributed by atoms with Gasteiger partial charge in [-0.2, -0.15) is 13.2 Å². The van der Waals surface area contributed by atoms with Gasteiger partial charge in [-0.15, -0.1) is 0 Å². The molecule has 7 heteroatoms. The van der Waals surface area contributed by atoms with Gasteiger partial charge in [0.05, 0.1) is 23.0 Å². The maximum Gasteiger partial charge on any atom is 0.394 e. The predicted octanol–water partition coefficient (Wildman–Crippen LogP) is 3.55. The van der Waals surface area contributed by atoms with Crippen LogP contribution in [0.1, 0.15) is 11.1 Å². The standard InChI is InChI=1S/C17H17F3N2O2/c1-9-4-3-5-11-14(9)21-6-10(2)15(11)22-7-12(16(23)24)13(8-22)17(18,19)20/h3-6,12-13H,7-8H2,1-2H3,(H,23,24)/t12-,13-/m1/s1. The van der Waals surface area contributed by atoms with Crippen molar-refractivity contribution >= 4 is 22.6 Å². The molecule has 1 aliphatic heterocycles. The first kappa shape index (κ1) is 16.5. The first-order valence-electron chi connectivity index (χ1n) is 7.59. The van der Waals surface area contributed by atoms with Crippen LogP contribution in [0.4, 0.5) is 18.9 Å². The molecule has 1 aromatic carbocycles. The van der Waals surface area contributed by atoms with Crippen molar-refractivity contribution in [2.45, 2.75) is 20.0 Å². The summed E-state index contributed by atoms with van der Waals surface area (Å²) in [5.41, 5.74) is 3.03. The van der Waals surface area contributed by atoms with Crippen LogP contribution >= 0.6 is 0 Å². The highest BCUT2D eigenvalue weighted by Crippen LogP contribution is 2.42. The Hall–Kier alpha value is -2.31. The van der Waals surface area contributed by atoms with Crippen molar-refractivity contribution in [2.24, 2.45) is 11.8 Å². The molecule has 1 fully saturated rings. The summed E-state index contributed by atoms with van der Waals surface area (Å²) in [6, 6.07) is 5.53. The van der Waals surface area contributed by atoms with Gasteiger partial charge in [-0.1, -0.05) is 18.2 Å². The molecule has 0 spiro atoms. The molecule has 1 N–H and O–H groups in total. The Morgan fingerprint density at radius 1 is 1.25 bits per heavy atom. The summed E-state index contributed by atoms with van der Waals surface area (Å²) < 4.78 is 39.7. The zero-order chi connectivity index (χ0) is 17.6. The predicted molar refractivity (Wildman–Crippen MR) is 84.1 cm³/mol. The molecule has 1 aromatic heterocycles. The fourth-order valence-electron chi connectivity index (χ4n) is 3.44. The lowest BCUT2D eigenvalue weighted by Gasteiger charge is -2.23. The molecular formula is C17H17F3N2O2. The van der Waals surface area contributed by atoms with E-state index in [2.05, 4.69) is 4.98 Å². The number of fused-ring (bicyclic) bond motifs is 1. The minimum Gasteiger partial charge on any atom is -0.481 e. The largest absolute Gasteiger partial charge is 0.481 e. The van der Waals surface area contributed by atoms with Crippen molar-refractivity contribution < 1.29 is 23.1 Å². The highest BCUT2D eigenvalue weighted by atomic mass is 19.4. The zero-order valence-electron chi connectivity index (χ0n) is 13.3. The van der Waals surface area contributed by atoms with Crippen LogP contribution in [0.2, 0.25) is 0 Å². The summed E-state index contributed by atoms with van der Waals surface area (Å²) in [6.45, 7) is 3.15. The number of anilines is 1. The second-order valence-corrected chi connectivity index (χ2v) is 6.26. The van der Waals surface area contributed by atoms with Crippen LogP contribution in [0.15, 0.2) is 24.4 Å². The third-order valence-corrected chi connectivity index (χ3v) is 4.63. The van der Waals surface area contributed by atoms with Crippen molar-refractivity contribution in [3.05, 3.63) is 35.5 Å².